The highest BCUT2D eigenvalue weighted by molar-refractivity contribution is 6.29. The second kappa shape index (κ2) is 6.79. The number of nitrogens with zero attached hydrogens (tertiary/aromatic N) is 4. The van der Waals surface area contributed by atoms with Gasteiger partial charge in [-0.05, 0) is 19.4 Å². The van der Waals surface area contributed by atoms with Crippen LogP contribution in [0.25, 0.3) is 0 Å². The molecule has 5 nitrogen and oxygen atoms in total. The highest BCUT2D eigenvalue weighted by Crippen LogP contribution is 2.19. The van der Waals surface area contributed by atoms with Crippen LogP contribution in [0.1, 0.15) is 29.9 Å². The molecule has 1 aromatic carbocycles. The molecule has 0 saturated carbocycles. The number of hydrogen-bond donors (Lipinski definition) is 1. The second-order valence-electron chi connectivity index (χ2n) is 5.45. The van der Waals surface area contributed by atoms with E-state index in [1.165, 1.54) is 5.56 Å². The maximum atomic E-state index is 5.97. The minimum Gasteiger partial charge on any atom is -0.363 e. The van der Waals surface area contributed by atoms with E-state index in [4.69, 9.17) is 11.6 Å². The lowest BCUT2D eigenvalue weighted by Crippen LogP contribution is -2.08. The molecule has 3 rings (SSSR count). The van der Waals surface area contributed by atoms with Crippen molar-refractivity contribution in [3.8, 4) is 0 Å². The van der Waals surface area contributed by atoms with Crippen LogP contribution in [0.5, 0.6) is 0 Å². The SMILES string of the molecule is Cc1nc(Cl)cc(NC(C)c2cnn(Cc3ccccc3)c2)n1. The van der Waals surface area contributed by atoms with Crippen molar-refractivity contribution < 1.29 is 0 Å². The van der Waals surface area contributed by atoms with Gasteiger partial charge in [-0.15, -0.1) is 0 Å². The number of aryl methyl sites for hydroxylation is 1. The van der Waals surface area contributed by atoms with E-state index in [-0.39, 0.29) is 6.04 Å². The molecule has 0 aliphatic rings. The van der Waals surface area contributed by atoms with Gasteiger partial charge in [-0.1, -0.05) is 41.9 Å². The van der Waals surface area contributed by atoms with Gasteiger partial charge in [0.2, 0.25) is 0 Å². The Kier molecular flexibility index (Phi) is 4.57. The van der Waals surface area contributed by atoms with Crippen molar-refractivity contribution in [2.45, 2.75) is 26.4 Å². The van der Waals surface area contributed by atoms with Gasteiger partial charge < -0.3 is 5.32 Å². The lowest BCUT2D eigenvalue weighted by atomic mass is 10.2. The van der Waals surface area contributed by atoms with Gasteiger partial charge in [0, 0.05) is 17.8 Å². The number of nitrogens with one attached hydrogen (secondary N) is 1. The highest BCUT2D eigenvalue weighted by Gasteiger charge is 2.10. The normalized spacial score (nSPS) is 12.1. The number of aromatic nitrogens is 4. The van der Waals surface area contributed by atoms with Crippen LogP contribution in [0.4, 0.5) is 5.82 Å². The van der Waals surface area contributed by atoms with Crippen LogP contribution in [0, 0.1) is 6.92 Å². The first kappa shape index (κ1) is 15.5. The molecule has 0 bridgehead atoms. The summed E-state index contributed by atoms with van der Waals surface area (Å²) in [7, 11) is 0. The van der Waals surface area contributed by atoms with Gasteiger partial charge in [-0.3, -0.25) is 4.68 Å². The Morgan fingerprint density at radius 1 is 1.22 bits per heavy atom. The fraction of sp³-hybridized carbons (Fsp3) is 0.235. The summed E-state index contributed by atoms with van der Waals surface area (Å²) < 4.78 is 1.93. The molecule has 1 atom stereocenters. The molecule has 0 fully saturated rings. The number of halogens is 1. The average Bonchev–Trinajstić information content (AvgIpc) is 2.96. The third-order valence-corrected chi connectivity index (χ3v) is 3.71. The smallest absolute Gasteiger partial charge is 0.134 e. The fourth-order valence-corrected chi connectivity index (χ4v) is 2.60. The average molecular weight is 328 g/mol. The summed E-state index contributed by atoms with van der Waals surface area (Å²) in [6, 6.07) is 12.1. The van der Waals surface area contributed by atoms with E-state index in [9.17, 15) is 0 Å². The van der Waals surface area contributed by atoms with Crippen molar-refractivity contribution in [3.05, 3.63) is 70.9 Å². The van der Waals surface area contributed by atoms with Crippen LogP contribution < -0.4 is 5.32 Å². The van der Waals surface area contributed by atoms with Crippen LogP contribution >= 0.6 is 11.6 Å². The van der Waals surface area contributed by atoms with E-state index < -0.39 is 0 Å². The monoisotopic (exact) mass is 327 g/mol. The van der Waals surface area contributed by atoms with E-state index in [2.05, 4.69) is 39.4 Å². The fourth-order valence-electron chi connectivity index (χ4n) is 2.37. The van der Waals surface area contributed by atoms with Crippen LogP contribution in [0.15, 0.2) is 48.8 Å². The van der Waals surface area contributed by atoms with Gasteiger partial charge in [0.15, 0.2) is 0 Å². The standard InChI is InChI=1S/C17H18ClN5/c1-12(20-17-8-16(18)21-13(2)22-17)15-9-19-23(11-15)10-14-6-4-3-5-7-14/h3-9,11-12H,10H2,1-2H3,(H,20,21,22). The number of benzene rings is 1. The topological polar surface area (TPSA) is 55.6 Å². The number of anilines is 1. The molecule has 3 aromatic rings. The second-order valence-corrected chi connectivity index (χ2v) is 5.83. The molecule has 2 aromatic heterocycles. The van der Waals surface area contributed by atoms with E-state index in [1.54, 1.807) is 6.07 Å². The largest absolute Gasteiger partial charge is 0.363 e. The van der Waals surface area contributed by atoms with E-state index in [0.717, 1.165) is 12.1 Å². The first-order valence-corrected chi connectivity index (χ1v) is 7.82. The van der Waals surface area contributed by atoms with Crippen LogP contribution in [-0.4, -0.2) is 19.7 Å². The molecule has 0 aliphatic carbocycles. The summed E-state index contributed by atoms with van der Waals surface area (Å²) in [5.41, 5.74) is 2.31. The molecule has 6 heteroatoms. The minimum atomic E-state index is 0.0740. The molecule has 0 radical (unpaired) electrons. The molecule has 0 saturated heterocycles. The Morgan fingerprint density at radius 3 is 2.74 bits per heavy atom. The Hall–Kier alpha value is -2.40. The molecule has 0 aliphatic heterocycles. The van der Waals surface area contributed by atoms with Crippen molar-refractivity contribution in [1.29, 1.82) is 0 Å². The van der Waals surface area contributed by atoms with Gasteiger partial charge in [-0.25, -0.2) is 9.97 Å². The Labute approximate surface area is 140 Å². The predicted molar refractivity (Wildman–Crippen MR) is 91.6 cm³/mol. The van der Waals surface area contributed by atoms with E-state index in [1.807, 2.05) is 42.2 Å². The maximum Gasteiger partial charge on any atom is 0.134 e. The molecular weight excluding hydrogens is 310 g/mol. The molecule has 1 unspecified atom stereocenters. The van der Waals surface area contributed by atoms with E-state index in [0.29, 0.717) is 16.8 Å². The Bertz CT molecular complexity index is 764. The zero-order valence-corrected chi connectivity index (χ0v) is 13.8. The number of rotatable bonds is 5. The van der Waals surface area contributed by atoms with Crippen molar-refractivity contribution in [2.24, 2.45) is 0 Å². The first-order valence-electron chi connectivity index (χ1n) is 7.44. The Morgan fingerprint density at radius 2 is 2.00 bits per heavy atom. The van der Waals surface area contributed by atoms with Crippen molar-refractivity contribution in [3.63, 3.8) is 0 Å². The summed E-state index contributed by atoms with van der Waals surface area (Å²) in [6.45, 7) is 4.64. The van der Waals surface area contributed by atoms with Crippen molar-refractivity contribution in [1.82, 2.24) is 19.7 Å². The predicted octanol–water partition coefficient (Wildman–Crippen LogP) is 3.86. The zero-order valence-electron chi connectivity index (χ0n) is 13.1. The lowest BCUT2D eigenvalue weighted by Gasteiger charge is -2.13. The summed E-state index contributed by atoms with van der Waals surface area (Å²) in [5.74, 6) is 1.36. The van der Waals surface area contributed by atoms with Crippen LogP contribution in [0.3, 0.4) is 0 Å². The third kappa shape index (κ3) is 4.07. The molecular formula is C17H18ClN5. The van der Waals surface area contributed by atoms with Crippen molar-refractivity contribution in [2.75, 3.05) is 5.32 Å². The summed E-state index contributed by atoms with van der Waals surface area (Å²) in [5, 5.41) is 8.19. The summed E-state index contributed by atoms with van der Waals surface area (Å²) in [4.78, 5) is 8.40. The maximum absolute atomic E-state index is 5.97. The van der Waals surface area contributed by atoms with Gasteiger partial charge in [-0.2, -0.15) is 5.10 Å². The first-order chi connectivity index (χ1) is 11.1. The molecule has 118 valence electrons. The van der Waals surface area contributed by atoms with Crippen molar-refractivity contribution >= 4 is 17.4 Å². The lowest BCUT2D eigenvalue weighted by molar-refractivity contribution is 0.685. The Balaban J connectivity index is 1.69. The highest BCUT2D eigenvalue weighted by atomic mass is 35.5. The van der Waals surface area contributed by atoms with Gasteiger partial charge in [0.1, 0.15) is 16.8 Å². The van der Waals surface area contributed by atoms with Gasteiger partial charge in [0.05, 0.1) is 18.8 Å². The summed E-state index contributed by atoms with van der Waals surface area (Å²) in [6.07, 6.45) is 3.91. The molecule has 23 heavy (non-hydrogen) atoms. The van der Waals surface area contributed by atoms with Crippen LogP contribution in [0.2, 0.25) is 5.15 Å². The quantitative estimate of drug-likeness (QED) is 0.723. The molecule has 2 heterocycles. The van der Waals surface area contributed by atoms with Gasteiger partial charge in [0.25, 0.3) is 0 Å². The van der Waals surface area contributed by atoms with E-state index >= 15 is 0 Å². The summed E-state index contributed by atoms with van der Waals surface area (Å²) >= 11 is 5.97. The number of hydrogen-bond acceptors (Lipinski definition) is 4. The van der Waals surface area contributed by atoms with Crippen LogP contribution in [-0.2, 0) is 6.54 Å². The molecule has 0 amide bonds. The third-order valence-electron chi connectivity index (χ3n) is 3.51. The zero-order chi connectivity index (χ0) is 16.2. The molecule has 1 N–H and O–H groups in total. The molecule has 0 spiro atoms. The minimum absolute atomic E-state index is 0.0740. The van der Waals surface area contributed by atoms with Gasteiger partial charge >= 0.3 is 0 Å².